The van der Waals surface area contributed by atoms with Crippen molar-refractivity contribution in [3.8, 4) is 22.6 Å². The Morgan fingerprint density at radius 3 is 2.35 bits per heavy atom. The van der Waals surface area contributed by atoms with Crippen molar-refractivity contribution in [1.29, 1.82) is 0 Å². The van der Waals surface area contributed by atoms with Gasteiger partial charge in [-0.15, -0.1) is 0 Å². The van der Waals surface area contributed by atoms with E-state index in [9.17, 15) is 13.2 Å². The van der Waals surface area contributed by atoms with Crippen molar-refractivity contribution >= 4 is 15.8 Å². The Morgan fingerprint density at radius 1 is 1.00 bits per heavy atom. The van der Waals surface area contributed by atoms with Crippen LogP contribution in [0.5, 0.6) is 11.5 Å². The van der Waals surface area contributed by atoms with Crippen LogP contribution in [0.3, 0.4) is 0 Å². The zero-order valence-electron chi connectivity index (χ0n) is 16.6. The molecule has 1 saturated carbocycles. The maximum Gasteiger partial charge on any atom is 0.238 e. The van der Waals surface area contributed by atoms with Crippen LogP contribution in [0.4, 0.5) is 0 Å². The quantitative estimate of drug-likeness (QED) is 0.633. The molecule has 0 bridgehead atoms. The Labute approximate surface area is 181 Å². The first kappa shape index (κ1) is 19.7. The van der Waals surface area contributed by atoms with Crippen LogP contribution in [0.2, 0.25) is 0 Å². The molecule has 8 heteroatoms. The summed E-state index contributed by atoms with van der Waals surface area (Å²) in [5, 5.41) is 5.14. The zero-order chi connectivity index (χ0) is 21.6. The third-order valence-electron chi connectivity index (χ3n) is 5.89. The number of hydrogen-bond acceptors (Lipinski definition) is 6. The number of sulfonamides is 1. The predicted octanol–water partition coefficient (Wildman–Crippen LogP) is 3.21. The summed E-state index contributed by atoms with van der Waals surface area (Å²) >= 11 is 0. The van der Waals surface area contributed by atoms with Crippen molar-refractivity contribution in [2.45, 2.75) is 29.6 Å². The number of aromatic nitrogens is 1. The number of nitrogens with zero attached hydrogens (tertiary/aromatic N) is 1. The van der Waals surface area contributed by atoms with Crippen LogP contribution in [0, 0.1) is 0 Å². The van der Waals surface area contributed by atoms with Crippen molar-refractivity contribution in [2.75, 3.05) is 6.79 Å². The molecule has 0 atom stereocenters. The van der Waals surface area contributed by atoms with E-state index in [4.69, 9.17) is 14.6 Å². The van der Waals surface area contributed by atoms with Gasteiger partial charge < -0.3 is 9.47 Å². The van der Waals surface area contributed by atoms with Crippen LogP contribution in [-0.4, -0.2) is 26.0 Å². The predicted molar refractivity (Wildman–Crippen MR) is 115 cm³/mol. The Bertz CT molecular complexity index is 1270. The summed E-state index contributed by atoms with van der Waals surface area (Å²) in [5.74, 6) is 1.54. The maximum atomic E-state index is 13.1. The first-order valence-corrected chi connectivity index (χ1v) is 11.4. The van der Waals surface area contributed by atoms with Gasteiger partial charge in [-0.1, -0.05) is 24.3 Å². The second kappa shape index (κ2) is 7.18. The molecule has 3 aromatic rings. The molecule has 160 valence electrons. The highest BCUT2D eigenvalue weighted by Crippen LogP contribution is 2.51. The molecule has 2 aromatic carbocycles. The molecule has 2 heterocycles. The number of nitrogens with two attached hydrogens (primary N) is 1. The molecule has 1 aromatic heterocycles. The van der Waals surface area contributed by atoms with Gasteiger partial charge in [-0.25, -0.2) is 13.6 Å². The number of rotatable bonds is 6. The molecule has 7 nitrogen and oxygen atoms in total. The van der Waals surface area contributed by atoms with Crippen molar-refractivity contribution in [3.63, 3.8) is 0 Å². The summed E-state index contributed by atoms with van der Waals surface area (Å²) in [4.78, 5) is 17.6. The molecular weight excluding hydrogens is 416 g/mol. The molecule has 2 N–H and O–H groups in total. The number of primary sulfonamides is 1. The van der Waals surface area contributed by atoms with Gasteiger partial charge in [-0.2, -0.15) is 0 Å². The van der Waals surface area contributed by atoms with Crippen molar-refractivity contribution in [2.24, 2.45) is 5.14 Å². The van der Waals surface area contributed by atoms with Crippen molar-refractivity contribution in [3.05, 3.63) is 72.1 Å². The normalized spacial score (nSPS) is 16.2. The number of ether oxygens (including phenoxy) is 2. The minimum atomic E-state index is -3.72. The van der Waals surface area contributed by atoms with Gasteiger partial charge >= 0.3 is 0 Å². The minimum absolute atomic E-state index is 0. The number of fused-ring (bicyclic) bond motifs is 1. The molecule has 31 heavy (non-hydrogen) atoms. The van der Waals surface area contributed by atoms with E-state index in [0.717, 1.165) is 29.5 Å². The number of Topliss-reactive ketones (excluding diaryl/α,β-unsaturated/α-hetero) is 1. The summed E-state index contributed by atoms with van der Waals surface area (Å²) < 4.78 is 33.6. The second-order valence-electron chi connectivity index (χ2n) is 7.86. The third-order valence-corrected chi connectivity index (χ3v) is 6.82. The lowest BCUT2D eigenvalue weighted by molar-refractivity contribution is -0.120. The molecule has 0 saturated heterocycles. The molecule has 0 unspecified atom stereocenters. The van der Waals surface area contributed by atoms with E-state index in [1.807, 2.05) is 30.3 Å². The fourth-order valence-corrected chi connectivity index (χ4v) is 4.43. The summed E-state index contributed by atoms with van der Waals surface area (Å²) in [6.07, 6.45) is 3.58. The maximum absolute atomic E-state index is 13.1. The van der Waals surface area contributed by atoms with Crippen molar-refractivity contribution in [1.82, 2.24) is 4.98 Å². The van der Waals surface area contributed by atoms with Crippen LogP contribution < -0.4 is 14.6 Å². The lowest BCUT2D eigenvalue weighted by Crippen LogP contribution is -2.22. The Morgan fingerprint density at radius 2 is 1.71 bits per heavy atom. The third kappa shape index (κ3) is 3.68. The Kier molecular flexibility index (Phi) is 4.56. The van der Waals surface area contributed by atoms with E-state index in [1.54, 1.807) is 18.3 Å². The summed E-state index contributed by atoms with van der Waals surface area (Å²) in [7, 11) is -3.72. The standard InChI is InChI=1S/C23H20N2O5S.H2/c24-31(27,28)19-6-2-15(3-7-19)16-1-5-18(25-13-16)12-22(26)23(9-10-23)17-4-8-20-21(11-17)30-14-29-20;/h1-8,11,13H,9-10,12,14H2,(H2,24,27,28);1H. The molecule has 1 fully saturated rings. The number of ketones is 1. The van der Waals surface area contributed by atoms with Crippen molar-refractivity contribution < 1.29 is 24.1 Å². The van der Waals surface area contributed by atoms with E-state index in [1.165, 1.54) is 12.1 Å². The number of pyridine rings is 1. The first-order chi connectivity index (χ1) is 14.8. The molecule has 2 aliphatic rings. The lowest BCUT2D eigenvalue weighted by atomic mass is 9.88. The van der Waals surface area contributed by atoms with Crippen LogP contribution in [0.1, 0.15) is 25.5 Å². The Hall–Kier alpha value is -3.23. The Balaban J connectivity index is 0.00000245. The molecule has 0 radical (unpaired) electrons. The van der Waals surface area contributed by atoms with Crippen LogP contribution in [0.15, 0.2) is 65.7 Å². The summed E-state index contributed by atoms with van der Waals surface area (Å²) in [6.45, 7) is 0.209. The fraction of sp³-hybridized carbons (Fsp3) is 0.217. The highest BCUT2D eigenvalue weighted by Gasteiger charge is 2.50. The van der Waals surface area contributed by atoms with Gasteiger partial charge in [0, 0.05) is 25.3 Å². The van der Waals surface area contributed by atoms with E-state index >= 15 is 0 Å². The van der Waals surface area contributed by atoms with E-state index in [0.29, 0.717) is 17.2 Å². The van der Waals surface area contributed by atoms with E-state index in [-0.39, 0.29) is 25.3 Å². The summed E-state index contributed by atoms with van der Waals surface area (Å²) in [6, 6.07) is 15.7. The van der Waals surface area contributed by atoms with Gasteiger partial charge in [-0.3, -0.25) is 9.78 Å². The average molecular weight is 439 g/mol. The highest BCUT2D eigenvalue weighted by molar-refractivity contribution is 7.89. The van der Waals surface area contributed by atoms with Gasteiger partial charge in [0.25, 0.3) is 0 Å². The van der Waals surface area contributed by atoms with Gasteiger partial charge in [-0.05, 0) is 54.3 Å². The highest BCUT2D eigenvalue weighted by atomic mass is 32.2. The van der Waals surface area contributed by atoms with Gasteiger partial charge in [0.1, 0.15) is 5.78 Å². The van der Waals surface area contributed by atoms with Gasteiger partial charge in [0.05, 0.1) is 10.3 Å². The second-order valence-corrected chi connectivity index (χ2v) is 9.42. The van der Waals surface area contributed by atoms with Crippen LogP contribution in [0.25, 0.3) is 11.1 Å². The zero-order valence-corrected chi connectivity index (χ0v) is 17.4. The lowest BCUT2D eigenvalue weighted by Gasteiger charge is -2.15. The van der Waals surface area contributed by atoms with Crippen LogP contribution >= 0.6 is 0 Å². The van der Waals surface area contributed by atoms with E-state index in [2.05, 4.69) is 4.98 Å². The average Bonchev–Trinajstić information content (AvgIpc) is 3.45. The first-order valence-electron chi connectivity index (χ1n) is 9.87. The minimum Gasteiger partial charge on any atom is -0.454 e. The molecule has 0 amide bonds. The number of benzene rings is 2. The molecule has 5 rings (SSSR count). The smallest absolute Gasteiger partial charge is 0.238 e. The monoisotopic (exact) mass is 438 g/mol. The molecule has 1 aliphatic carbocycles. The van der Waals surface area contributed by atoms with Crippen LogP contribution in [-0.2, 0) is 26.7 Å². The molecule has 0 spiro atoms. The largest absolute Gasteiger partial charge is 0.454 e. The van der Waals surface area contributed by atoms with Gasteiger partial charge in [0.15, 0.2) is 11.5 Å². The van der Waals surface area contributed by atoms with E-state index < -0.39 is 15.4 Å². The summed E-state index contributed by atoms with van der Waals surface area (Å²) in [5.41, 5.74) is 2.84. The topological polar surface area (TPSA) is 109 Å². The van der Waals surface area contributed by atoms with Gasteiger partial charge in [0.2, 0.25) is 16.8 Å². The number of carbonyl (C=O) groups is 1. The SMILES string of the molecule is NS(=O)(=O)c1ccc(-c2ccc(CC(=O)C3(c4ccc5c(c4)OCO5)CC3)nc2)cc1.[HH]. The number of hydrogen-bond donors (Lipinski definition) is 1. The number of carbonyl (C=O) groups excluding carboxylic acids is 1. The molecular formula is C23H22N2O5S. The fourth-order valence-electron chi connectivity index (χ4n) is 3.92. The molecule has 1 aliphatic heterocycles.